The van der Waals surface area contributed by atoms with E-state index in [1.807, 2.05) is 42.5 Å². The quantitative estimate of drug-likeness (QED) is 0.851. The van der Waals surface area contributed by atoms with E-state index in [0.717, 1.165) is 13.0 Å². The molecular formula is C13H18N4. The summed E-state index contributed by atoms with van der Waals surface area (Å²) in [7, 11) is 1.98. The summed E-state index contributed by atoms with van der Waals surface area (Å²) in [6, 6.07) is 4.41. The van der Waals surface area contributed by atoms with Crippen molar-refractivity contribution in [1.82, 2.24) is 20.1 Å². The number of hydrogen-bond acceptors (Lipinski definition) is 3. The zero-order chi connectivity index (χ0) is 12.1. The first-order chi connectivity index (χ1) is 8.33. The van der Waals surface area contributed by atoms with Crippen molar-refractivity contribution in [2.75, 3.05) is 7.05 Å². The summed E-state index contributed by atoms with van der Waals surface area (Å²) in [5.41, 5.74) is 2.51. The van der Waals surface area contributed by atoms with Crippen molar-refractivity contribution in [3.05, 3.63) is 48.0 Å². The Morgan fingerprint density at radius 3 is 2.71 bits per heavy atom. The topological polar surface area (TPSA) is 42.7 Å². The van der Waals surface area contributed by atoms with Crippen molar-refractivity contribution in [1.29, 1.82) is 0 Å². The van der Waals surface area contributed by atoms with Gasteiger partial charge in [-0.25, -0.2) is 0 Å². The average Bonchev–Trinajstić information content (AvgIpc) is 2.84. The molecular weight excluding hydrogens is 212 g/mol. The van der Waals surface area contributed by atoms with Crippen LogP contribution in [0.25, 0.3) is 0 Å². The minimum absolute atomic E-state index is 0.313. The predicted octanol–water partition coefficient (Wildman–Crippen LogP) is 1.80. The lowest BCUT2D eigenvalue weighted by Crippen LogP contribution is -2.18. The van der Waals surface area contributed by atoms with Crippen molar-refractivity contribution in [3.8, 4) is 0 Å². The van der Waals surface area contributed by atoms with Gasteiger partial charge in [0.25, 0.3) is 0 Å². The highest BCUT2D eigenvalue weighted by Gasteiger charge is 2.10. The van der Waals surface area contributed by atoms with E-state index in [1.165, 1.54) is 11.1 Å². The summed E-state index contributed by atoms with van der Waals surface area (Å²) in [6.07, 6.45) is 8.64. The van der Waals surface area contributed by atoms with Crippen molar-refractivity contribution in [2.24, 2.45) is 0 Å². The molecule has 1 unspecified atom stereocenters. The van der Waals surface area contributed by atoms with Crippen LogP contribution in [0.5, 0.6) is 0 Å². The average molecular weight is 230 g/mol. The third-order valence-electron chi connectivity index (χ3n) is 2.91. The lowest BCUT2D eigenvalue weighted by atomic mass is 10.0. The monoisotopic (exact) mass is 230 g/mol. The van der Waals surface area contributed by atoms with Crippen LogP contribution in [0.15, 0.2) is 36.9 Å². The Balaban J connectivity index is 2.10. The Kier molecular flexibility index (Phi) is 3.88. The Morgan fingerprint density at radius 2 is 2.12 bits per heavy atom. The summed E-state index contributed by atoms with van der Waals surface area (Å²) < 4.78 is 1.95. The molecule has 17 heavy (non-hydrogen) atoms. The van der Waals surface area contributed by atoms with Gasteiger partial charge in [0, 0.05) is 31.2 Å². The van der Waals surface area contributed by atoms with Gasteiger partial charge in [0.15, 0.2) is 0 Å². The number of rotatable bonds is 5. The minimum Gasteiger partial charge on any atom is -0.313 e. The molecule has 2 aromatic heterocycles. The number of likely N-dealkylation sites (N-methyl/N-ethyl adjacent to an activating group) is 1. The summed E-state index contributed by atoms with van der Waals surface area (Å²) >= 11 is 0. The highest BCUT2D eigenvalue weighted by molar-refractivity contribution is 5.18. The van der Waals surface area contributed by atoms with Gasteiger partial charge in [0.1, 0.15) is 0 Å². The van der Waals surface area contributed by atoms with Gasteiger partial charge in [0.2, 0.25) is 0 Å². The summed E-state index contributed by atoms with van der Waals surface area (Å²) in [6.45, 7) is 3.01. The van der Waals surface area contributed by atoms with Crippen LogP contribution in [0.4, 0.5) is 0 Å². The second-order valence-electron chi connectivity index (χ2n) is 4.03. The van der Waals surface area contributed by atoms with Gasteiger partial charge in [-0.1, -0.05) is 0 Å². The first-order valence-corrected chi connectivity index (χ1v) is 5.92. The Bertz CT molecular complexity index is 449. The van der Waals surface area contributed by atoms with Crippen LogP contribution in [0.1, 0.15) is 24.1 Å². The van der Waals surface area contributed by atoms with E-state index in [2.05, 4.69) is 28.5 Å². The summed E-state index contributed by atoms with van der Waals surface area (Å²) in [5.74, 6) is 0. The number of aryl methyl sites for hydroxylation is 1. The fourth-order valence-electron chi connectivity index (χ4n) is 1.90. The Hall–Kier alpha value is -1.68. The molecule has 0 amide bonds. The molecule has 0 fully saturated rings. The molecule has 0 aliphatic carbocycles. The normalized spacial score (nSPS) is 12.6. The van der Waals surface area contributed by atoms with Crippen LogP contribution < -0.4 is 5.32 Å². The molecule has 0 saturated carbocycles. The first-order valence-electron chi connectivity index (χ1n) is 5.92. The number of hydrogen-bond donors (Lipinski definition) is 1. The SMILES string of the molecule is CCn1cc(CC(NC)c2ccncc2)cn1. The molecule has 0 aromatic carbocycles. The maximum Gasteiger partial charge on any atom is 0.0522 e. The molecule has 0 aliphatic heterocycles. The lowest BCUT2D eigenvalue weighted by molar-refractivity contribution is 0.590. The summed E-state index contributed by atoms with van der Waals surface area (Å²) in [5, 5.41) is 7.62. The van der Waals surface area contributed by atoms with Crippen LogP contribution in [-0.2, 0) is 13.0 Å². The molecule has 0 radical (unpaired) electrons. The van der Waals surface area contributed by atoms with Crippen molar-refractivity contribution in [3.63, 3.8) is 0 Å². The Morgan fingerprint density at radius 1 is 1.35 bits per heavy atom. The molecule has 4 heteroatoms. The molecule has 2 aromatic rings. The van der Waals surface area contributed by atoms with Gasteiger partial charge in [-0.3, -0.25) is 9.67 Å². The molecule has 4 nitrogen and oxygen atoms in total. The predicted molar refractivity (Wildman–Crippen MR) is 67.6 cm³/mol. The number of nitrogens with one attached hydrogen (secondary N) is 1. The highest BCUT2D eigenvalue weighted by Crippen LogP contribution is 2.16. The van der Waals surface area contributed by atoms with Crippen LogP contribution in [0.3, 0.4) is 0 Å². The highest BCUT2D eigenvalue weighted by atomic mass is 15.3. The number of aromatic nitrogens is 3. The maximum atomic E-state index is 4.29. The van der Waals surface area contributed by atoms with E-state index in [-0.39, 0.29) is 0 Å². The molecule has 2 rings (SSSR count). The van der Waals surface area contributed by atoms with Gasteiger partial charge in [-0.2, -0.15) is 5.10 Å². The van der Waals surface area contributed by atoms with Crippen LogP contribution >= 0.6 is 0 Å². The third kappa shape index (κ3) is 2.91. The molecule has 2 heterocycles. The van der Waals surface area contributed by atoms with Gasteiger partial charge in [-0.05, 0) is 43.7 Å². The lowest BCUT2D eigenvalue weighted by Gasteiger charge is -2.15. The molecule has 0 saturated heterocycles. The largest absolute Gasteiger partial charge is 0.313 e. The first kappa shape index (κ1) is 11.8. The second-order valence-corrected chi connectivity index (χ2v) is 4.03. The zero-order valence-corrected chi connectivity index (χ0v) is 10.3. The van der Waals surface area contributed by atoms with Gasteiger partial charge >= 0.3 is 0 Å². The standard InChI is InChI=1S/C13H18N4/c1-3-17-10-11(9-16-17)8-13(14-2)12-4-6-15-7-5-12/h4-7,9-10,13-14H,3,8H2,1-2H3. The molecule has 90 valence electrons. The molecule has 1 atom stereocenters. The van der Waals surface area contributed by atoms with Crippen LogP contribution in [0.2, 0.25) is 0 Å². The number of nitrogens with zero attached hydrogens (tertiary/aromatic N) is 3. The van der Waals surface area contributed by atoms with Gasteiger partial charge in [0.05, 0.1) is 6.20 Å². The van der Waals surface area contributed by atoms with E-state index >= 15 is 0 Å². The van der Waals surface area contributed by atoms with Crippen molar-refractivity contribution in [2.45, 2.75) is 25.9 Å². The third-order valence-corrected chi connectivity index (χ3v) is 2.91. The molecule has 0 aliphatic rings. The van der Waals surface area contributed by atoms with E-state index in [9.17, 15) is 0 Å². The maximum absolute atomic E-state index is 4.29. The van der Waals surface area contributed by atoms with Crippen LogP contribution in [-0.4, -0.2) is 21.8 Å². The van der Waals surface area contributed by atoms with Gasteiger partial charge < -0.3 is 5.32 Å². The molecule has 0 spiro atoms. The molecule has 1 N–H and O–H groups in total. The van der Waals surface area contributed by atoms with E-state index in [1.54, 1.807) is 0 Å². The van der Waals surface area contributed by atoms with E-state index in [4.69, 9.17) is 0 Å². The van der Waals surface area contributed by atoms with E-state index in [0.29, 0.717) is 6.04 Å². The van der Waals surface area contributed by atoms with E-state index < -0.39 is 0 Å². The zero-order valence-electron chi connectivity index (χ0n) is 10.3. The Labute approximate surface area is 102 Å². The smallest absolute Gasteiger partial charge is 0.0522 e. The van der Waals surface area contributed by atoms with Crippen molar-refractivity contribution >= 4 is 0 Å². The summed E-state index contributed by atoms with van der Waals surface area (Å²) in [4.78, 5) is 4.04. The van der Waals surface area contributed by atoms with Gasteiger partial charge in [-0.15, -0.1) is 0 Å². The second kappa shape index (κ2) is 5.59. The fourth-order valence-corrected chi connectivity index (χ4v) is 1.90. The minimum atomic E-state index is 0.313. The fraction of sp³-hybridized carbons (Fsp3) is 0.385. The number of pyridine rings is 1. The van der Waals surface area contributed by atoms with Crippen molar-refractivity contribution < 1.29 is 0 Å². The van der Waals surface area contributed by atoms with Crippen LogP contribution in [0, 0.1) is 0 Å². The molecule has 0 bridgehead atoms.